The Kier molecular flexibility index (Phi) is 6.57. The molecule has 0 aliphatic rings. The molecule has 0 bridgehead atoms. The second kappa shape index (κ2) is 9.45. The smallest absolute Gasteiger partial charge is 0.406 e. The summed E-state index contributed by atoms with van der Waals surface area (Å²) in [5.41, 5.74) is 1.98. The molecule has 0 fully saturated rings. The molecule has 2 N–H and O–H groups in total. The van der Waals surface area contributed by atoms with Crippen molar-refractivity contribution in [3.05, 3.63) is 64.0 Å². The van der Waals surface area contributed by atoms with E-state index < -0.39 is 23.8 Å². The number of ether oxygens (including phenoxy) is 1. The van der Waals surface area contributed by atoms with Gasteiger partial charge in [0.2, 0.25) is 0 Å². The van der Waals surface area contributed by atoms with Crippen molar-refractivity contribution >= 4 is 33.9 Å². The number of Topliss-reactive ketones (excluding diaryl/α,β-unsaturated/α-hetero) is 1. The molecule has 0 atom stereocenters. The molecule has 7 nitrogen and oxygen atoms in total. The molecule has 0 aliphatic carbocycles. The first-order valence-electron chi connectivity index (χ1n) is 10.4. The van der Waals surface area contributed by atoms with Gasteiger partial charge < -0.3 is 10.1 Å². The third-order valence-electron chi connectivity index (χ3n) is 5.09. The second-order valence-corrected chi connectivity index (χ2v) is 8.53. The Labute approximate surface area is 200 Å². The van der Waals surface area contributed by atoms with Crippen molar-refractivity contribution in [2.24, 2.45) is 0 Å². The molecule has 0 unspecified atom stereocenters. The summed E-state index contributed by atoms with van der Waals surface area (Å²) in [6, 6.07) is 7.87. The number of carbonyl (C=O) groups is 2. The Morgan fingerprint density at radius 1 is 1.17 bits per heavy atom. The first kappa shape index (κ1) is 24.3. The summed E-state index contributed by atoms with van der Waals surface area (Å²) in [6.07, 6.45) is -4.59. The molecule has 0 saturated heterocycles. The fourth-order valence-corrected chi connectivity index (χ4v) is 4.38. The number of H-pyrrole nitrogens is 1. The van der Waals surface area contributed by atoms with E-state index >= 15 is 0 Å². The number of nitrogens with zero attached hydrogens (tertiary/aromatic N) is 2. The quantitative estimate of drug-likeness (QED) is 0.253. The Hall–Kier alpha value is -3.80. The third kappa shape index (κ3) is 5.32. The molecule has 2 aromatic heterocycles. The van der Waals surface area contributed by atoms with Crippen molar-refractivity contribution in [1.29, 1.82) is 0 Å². The fourth-order valence-electron chi connectivity index (χ4n) is 3.40. The van der Waals surface area contributed by atoms with E-state index in [1.165, 1.54) is 0 Å². The van der Waals surface area contributed by atoms with E-state index in [4.69, 9.17) is 0 Å². The number of carbonyl (C=O) groups excluding carboxylic acids is 2. The zero-order valence-electron chi connectivity index (χ0n) is 18.4. The molecule has 4 rings (SSSR count). The third-order valence-corrected chi connectivity index (χ3v) is 6.29. The maximum Gasteiger partial charge on any atom is 0.573 e. The van der Waals surface area contributed by atoms with Gasteiger partial charge in [0.05, 0.1) is 11.2 Å². The Morgan fingerprint density at radius 3 is 2.66 bits per heavy atom. The lowest BCUT2D eigenvalue weighted by atomic mass is 10.1. The summed E-state index contributed by atoms with van der Waals surface area (Å²) in [7, 11) is 0. The highest BCUT2D eigenvalue weighted by Crippen LogP contribution is 2.31. The number of hydrogen-bond acceptors (Lipinski definition) is 6. The van der Waals surface area contributed by atoms with Crippen LogP contribution in [0.3, 0.4) is 0 Å². The highest BCUT2D eigenvalue weighted by atomic mass is 32.1. The van der Waals surface area contributed by atoms with E-state index in [1.54, 1.807) is 32.0 Å². The molecule has 35 heavy (non-hydrogen) atoms. The summed E-state index contributed by atoms with van der Waals surface area (Å²) >= 11 is 1.11. The normalized spacial score (nSPS) is 11.6. The Morgan fingerprint density at radius 2 is 1.94 bits per heavy atom. The van der Waals surface area contributed by atoms with E-state index in [1.807, 2.05) is 0 Å². The molecule has 182 valence electrons. The van der Waals surface area contributed by atoms with Gasteiger partial charge in [-0.3, -0.25) is 14.7 Å². The molecule has 0 spiro atoms. The van der Waals surface area contributed by atoms with Crippen LogP contribution in [0.15, 0.2) is 36.4 Å². The minimum atomic E-state index is -4.92. The van der Waals surface area contributed by atoms with Crippen LogP contribution in [-0.2, 0) is 6.54 Å². The number of hydrogen-bond donors (Lipinski definition) is 2. The molecule has 2 heterocycles. The number of halogens is 4. The van der Waals surface area contributed by atoms with E-state index in [-0.39, 0.29) is 22.8 Å². The van der Waals surface area contributed by atoms with Crippen LogP contribution in [0.4, 0.5) is 17.6 Å². The SMILES string of the molecule is CCC(=O)c1n[nH]c2cc(-c3nc(C)c(C(=O)NCc4cc(OC(F)(F)F)ccc4F)s3)ccc12. The minimum absolute atomic E-state index is 0.0833. The molecular formula is C23H18F4N4O3S. The van der Waals surface area contributed by atoms with Crippen molar-refractivity contribution in [2.45, 2.75) is 33.2 Å². The first-order valence-corrected chi connectivity index (χ1v) is 11.2. The summed E-state index contributed by atoms with van der Waals surface area (Å²) in [4.78, 5) is 29.4. The number of amides is 1. The number of benzene rings is 2. The van der Waals surface area contributed by atoms with Gasteiger partial charge in [0.25, 0.3) is 5.91 Å². The number of rotatable bonds is 7. The van der Waals surface area contributed by atoms with Gasteiger partial charge in [-0.05, 0) is 37.3 Å². The van der Waals surface area contributed by atoms with Crippen LogP contribution < -0.4 is 10.1 Å². The van der Waals surface area contributed by atoms with Gasteiger partial charge in [-0.1, -0.05) is 13.0 Å². The Bertz CT molecular complexity index is 1430. The summed E-state index contributed by atoms with van der Waals surface area (Å²) in [6.45, 7) is 3.05. The summed E-state index contributed by atoms with van der Waals surface area (Å²) in [5, 5.41) is 10.6. The number of ketones is 1. The lowest BCUT2D eigenvalue weighted by Crippen LogP contribution is -2.23. The monoisotopic (exact) mass is 506 g/mol. The van der Waals surface area contributed by atoms with E-state index in [9.17, 15) is 27.2 Å². The van der Waals surface area contributed by atoms with Crippen LogP contribution in [0.2, 0.25) is 0 Å². The number of fused-ring (bicyclic) bond motifs is 1. The number of nitrogens with one attached hydrogen (secondary N) is 2. The standard InChI is InChI=1S/C23H18F4N4O3S/c1-3-18(32)19-15-6-4-12(9-17(15)30-31-19)22-29-11(2)20(35-22)21(33)28-10-13-8-14(5-7-16(13)24)34-23(25,26)27/h4-9H,3,10H2,1-2H3,(H,28,33)(H,30,31). The maximum absolute atomic E-state index is 14.0. The molecule has 0 radical (unpaired) electrons. The first-order chi connectivity index (χ1) is 16.6. The number of aromatic amines is 1. The summed E-state index contributed by atoms with van der Waals surface area (Å²) < 4.78 is 55.1. The number of aryl methyl sites for hydroxylation is 1. The second-order valence-electron chi connectivity index (χ2n) is 7.53. The lowest BCUT2D eigenvalue weighted by Gasteiger charge is -2.11. The van der Waals surface area contributed by atoms with E-state index in [0.717, 1.165) is 29.5 Å². The van der Waals surface area contributed by atoms with Crippen molar-refractivity contribution in [3.8, 4) is 16.3 Å². The van der Waals surface area contributed by atoms with Crippen molar-refractivity contribution in [1.82, 2.24) is 20.5 Å². The van der Waals surface area contributed by atoms with Gasteiger partial charge in [0.1, 0.15) is 27.1 Å². The molecule has 0 aliphatic heterocycles. The van der Waals surface area contributed by atoms with Gasteiger partial charge in [0, 0.05) is 29.5 Å². The number of alkyl halides is 3. The van der Waals surface area contributed by atoms with Gasteiger partial charge in [-0.15, -0.1) is 24.5 Å². The van der Waals surface area contributed by atoms with Crippen LogP contribution in [0.1, 0.15) is 44.8 Å². The van der Waals surface area contributed by atoms with Gasteiger partial charge in [-0.2, -0.15) is 5.10 Å². The van der Waals surface area contributed by atoms with Gasteiger partial charge in [0.15, 0.2) is 5.78 Å². The maximum atomic E-state index is 14.0. The van der Waals surface area contributed by atoms with Crippen LogP contribution in [0.5, 0.6) is 5.75 Å². The average Bonchev–Trinajstić information content (AvgIpc) is 3.41. The zero-order valence-corrected chi connectivity index (χ0v) is 19.2. The minimum Gasteiger partial charge on any atom is -0.406 e. The van der Waals surface area contributed by atoms with Crippen LogP contribution >= 0.6 is 11.3 Å². The van der Waals surface area contributed by atoms with Crippen molar-refractivity contribution < 1.29 is 31.9 Å². The van der Waals surface area contributed by atoms with Crippen LogP contribution in [0.25, 0.3) is 21.5 Å². The predicted molar refractivity (Wildman–Crippen MR) is 121 cm³/mol. The van der Waals surface area contributed by atoms with Crippen LogP contribution in [0, 0.1) is 12.7 Å². The topological polar surface area (TPSA) is 97.0 Å². The fraction of sp³-hybridized carbons (Fsp3) is 0.217. The lowest BCUT2D eigenvalue weighted by molar-refractivity contribution is -0.274. The molecule has 12 heteroatoms. The molecule has 0 saturated carbocycles. The Balaban J connectivity index is 1.51. The number of aromatic nitrogens is 3. The highest BCUT2D eigenvalue weighted by Gasteiger charge is 2.31. The zero-order chi connectivity index (χ0) is 25.3. The average molecular weight is 506 g/mol. The largest absolute Gasteiger partial charge is 0.573 e. The van der Waals surface area contributed by atoms with E-state index in [2.05, 4.69) is 25.2 Å². The van der Waals surface area contributed by atoms with Crippen molar-refractivity contribution in [3.63, 3.8) is 0 Å². The van der Waals surface area contributed by atoms with Gasteiger partial charge in [-0.25, -0.2) is 9.37 Å². The predicted octanol–water partition coefficient (Wildman–Crippen LogP) is 5.56. The number of thiazole rings is 1. The molecule has 4 aromatic rings. The van der Waals surface area contributed by atoms with E-state index in [0.29, 0.717) is 39.3 Å². The van der Waals surface area contributed by atoms with Crippen molar-refractivity contribution in [2.75, 3.05) is 0 Å². The summed E-state index contributed by atoms with van der Waals surface area (Å²) in [5.74, 6) is -2.00. The molecule has 2 aromatic carbocycles. The van der Waals surface area contributed by atoms with Crippen LogP contribution in [-0.4, -0.2) is 33.2 Å². The van der Waals surface area contributed by atoms with Gasteiger partial charge >= 0.3 is 6.36 Å². The molecular weight excluding hydrogens is 488 g/mol. The highest BCUT2D eigenvalue weighted by molar-refractivity contribution is 7.17. The molecule has 1 amide bonds.